The van der Waals surface area contributed by atoms with Crippen LogP contribution >= 0.6 is 0 Å². The first kappa shape index (κ1) is 12.4. The van der Waals surface area contributed by atoms with E-state index in [1.54, 1.807) is 0 Å². The first-order valence-electron chi connectivity index (χ1n) is 5.94. The molecule has 0 saturated heterocycles. The monoisotopic (exact) mass is 210 g/mol. The quantitative estimate of drug-likeness (QED) is 0.717. The van der Waals surface area contributed by atoms with Crippen molar-refractivity contribution in [2.45, 2.75) is 53.4 Å². The van der Waals surface area contributed by atoms with Crippen LogP contribution in [-0.2, 0) is 9.59 Å². The average Bonchev–Trinajstić information content (AvgIpc) is 2.19. The molecule has 0 spiro atoms. The summed E-state index contributed by atoms with van der Waals surface area (Å²) >= 11 is 0. The molecule has 2 nitrogen and oxygen atoms in total. The number of hydrogen-bond donors (Lipinski definition) is 0. The summed E-state index contributed by atoms with van der Waals surface area (Å²) in [6, 6.07) is 0. The summed E-state index contributed by atoms with van der Waals surface area (Å²) < 4.78 is 0. The maximum atomic E-state index is 12.1. The molecule has 2 unspecified atom stereocenters. The fourth-order valence-corrected chi connectivity index (χ4v) is 2.27. The second-order valence-electron chi connectivity index (χ2n) is 5.50. The minimum absolute atomic E-state index is 0.00836. The topological polar surface area (TPSA) is 34.1 Å². The van der Waals surface area contributed by atoms with Crippen molar-refractivity contribution < 1.29 is 9.59 Å². The van der Waals surface area contributed by atoms with Crippen LogP contribution in [0.25, 0.3) is 0 Å². The second-order valence-corrected chi connectivity index (χ2v) is 5.50. The van der Waals surface area contributed by atoms with E-state index in [9.17, 15) is 9.59 Å². The Bertz CT molecular complexity index is 266. The molecule has 86 valence electrons. The van der Waals surface area contributed by atoms with Crippen LogP contribution in [0.1, 0.15) is 53.4 Å². The molecule has 1 saturated carbocycles. The van der Waals surface area contributed by atoms with Crippen molar-refractivity contribution in [2.75, 3.05) is 0 Å². The predicted octanol–water partition coefficient (Wildman–Crippen LogP) is 3.00. The summed E-state index contributed by atoms with van der Waals surface area (Å²) in [7, 11) is 0. The molecule has 0 N–H and O–H groups in total. The summed E-state index contributed by atoms with van der Waals surface area (Å²) in [5.41, 5.74) is 0.00836. The van der Waals surface area contributed by atoms with Gasteiger partial charge in [0.25, 0.3) is 0 Å². The van der Waals surface area contributed by atoms with Gasteiger partial charge < -0.3 is 0 Å². The highest BCUT2D eigenvalue weighted by Crippen LogP contribution is 2.41. The summed E-state index contributed by atoms with van der Waals surface area (Å²) in [4.78, 5) is 23.6. The Morgan fingerprint density at radius 2 is 2.13 bits per heavy atom. The molecule has 0 aromatic rings. The minimum Gasteiger partial charge on any atom is -0.300 e. The third-order valence-corrected chi connectivity index (χ3v) is 3.86. The number of Topliss-reactive ketones (excluding diaryl/α,β-unsaturated/α-hetero) is 2. The van der Waals surface area contributed by atoms with Crippen LogP contribution in [-0.4, -0.2) is 11.6 Å². The molecular formula is C13H22O2. The van der Waals surface area contributed by atoms with Crippen LogP contribution < -0.4 is 0 Å². The Kier molecular flexibility index (Phi) is 3.69. The highest BCUT2D eigenvalue weighted by atomic mass is 16.1. The zero-order valence-electron chi connectivity index (χ0n) is 10.3. The molecule has 0 bridgehead atoms. The first-order chi connectivity index (χ1) is 6.88. The van der Waals surface area contributed by atoms with Crippen LogP contribution in [0.3, 0.4) is 0 Å². The normalized spacial score (nSPS) is 27.5. The van der Waals surface area contributed by atoms with Gasteiger partial charge in [0.05, 0.1) is 0 Å². The van der Waals surface area contributed by atoms with Crippen LogP contribution in [0.5, 0.6) is 0 Å². The van der Waals surface area contributed by atoms with E-state index < -0.39 is 0 Å². The van der Waals surface area contributed by atoms with Gasteiger partial charge in [0, 0.05) is 24.7 Å². The summed E-state index contributed by atoms with van der Waals surface area (Å²) in [6.45, 7) is 8.23. The lowest BCUT2D eigenvalue weighted by atomic mass is 9.65. The van der Waals surface area contributed by atoms with Gasteiger partial charge in [-0.3, -0.25) is 9.59 Å². The first-order valence-corrected chi connectivity index (χ1v) is 5.94. The Labute approximate surface area is 92.4 Å². The van der Waals surface area contributed by atoms with E-state index in [2.05, 4.69) is 13.8 Å². The van der Waals surface area contributed by atoms with Gasteiger partial charge in [0.15, 0.2) is 0 Å². The molecule has 1 aliphatic rings. The number of rotatable bonds is 3. The average molecular weight is 210 g/mol. The van der Waals surface area contributed by atoms with Gasteiger partial charge in [0.1, 0.15) is 11.6 Å². The molecule has 15 heavy (non-hydrogen) atoms. The Hall–Kier alpha value is -0.660. The largest absolute Gasteiger partial charge is 0.300 e. The standard InChI is InChI=1S/C13H22O2/c1-5-9(2)12(15)11-8-10(14)6-7-13(11,3)4/h9,11H,5-8H2,1-4H3. The zero-order chi connectivity index (χ0) is 11.6. The highest BCUT2D eigenvalue weighted by molar-refractivity contribution is 5.90. The van der Waals surface area contributed by atoms with Gasteiger partial charge in [-0.25, -0.2) is 0 Å². The SMILES string of the molecule is CCC(C)C(=O)C1CC(=O)CCC1(C)C. The summed E-state index contributed by atoms with van der Waals surface area (Å²) in [5.74, 6) is 0.598. The van der Waals surface area contributed by atoms with Crippen molar-refractivity contribution >= 4 is 11.6 Å². The van der Waals surface area contributed by atoms with Gasteiger partial charge in [-0.05, 0) is 18.3 Å². The Balaban J connectivity index is 2.80. The third kappa shape index (κ3) is 2.67. The third-order valence-electron chi connectivity index (χ3n) is 3.86. The second kappa shape index (κ2) is 4.46. The minimum atomic E-state index is -0.0475. The number of carbonyl (C=O) groups is 2. The Morgan fingerprint density at radius 1 is 1.53 bits per heavy atom. The molecule has 1 fully saturated rings. The van der Waals surface area contributed by atoms with Crippen LogP contribution in [0.15, 0.2) is 0 Å². The van der Waals surface area contributed by atoms with Gasteiger partial charge >= 0.3 is 0 Å². The van der Waals surface area contributed by atoms with Gasteiger partial charge in [0.2, 0.25) is 0 Å². The molecule has 0 radical (unpaired) electrons. The van der Waals surface area contributed by atoms with E-state index in [4.69, 9.17) is 0 Å². The van der Waals surface area contributed by atoms with E-state index in [0.29, 0.717) is 12.8 Å². The van der Waals surface area contributed by atoms with Crippen molar-refractivity contribution in [1.82, 2.24) is 0 Å². The molecule has 1 rings (SSSR count). The van der Waals surface area contributed by atoms with Crippen LogP contribution in [0, 0.1) is 17.3 Å². The highest BCUT2D eigenvalue weighted by Gasteiger charge is 2.40. The summed E-state index contributed by atoms with van der Waals surface area (Å²) in [5, 5.41) is 0. The zero-order valence-corrected chi connectivity index (χ0v) is 10.3. The molecule has 0 aliphatic heterocycles. The van der Waals surface area contributed by atoms with Crippen LogP contribution in [0.2, 0.25) is 0 Å². The molecule has 2 atom stereocenters. The van der Waals surface area contributed by atoms with E-state index in [0.717, 1.165) is 12.8 Å². The van der Waals surface area contributed by atoms with Crippen molar-refractivity contribution in [3.8, 4) is 0 Å². The fourth-order valence-electron chi connectivity index (χ4n) is 2.27. The number of carbonyl (C=O) groups excluding carboxylic acids is 2. The number of hydrogen-bond acceptors (Lipinski definition) is 2. The van der Waals surface area contributed by atoms with E-state index in [1.807, 2.05) is 13.8 Å². The molecule has 0 amide bonds. The lowest BCUT2D eigenvalue weighted by Crippen LogP contribution is -2.39. The maximum Gasteiger partial charge on any atom is 0.139 e. The van der Waals surface area contributed by atoms with E-state index in [-0.39, 0.29) is 28.8 Å². The molecule has 0 aromatic carbocycles. The van der Waals surface area contributed by atoms with Crippen molar-refractivity contribution in [2.24, 2.45) is 17.3 Å². The fraction of sp³-hybridized carbons (Fsp3) is 0.846. The maximum absolute atomic E-state index is 12.1. The Morgan fingerprint density at radius 3 is 2.67 bits per heavy atom. The number of ketones is 2. The predicted molar refractivity (Wildman–Crippen MR) is 60.6 cm³/mol. The molecule has 0 heterocycles. The molecule has 1 aliphatic carbocycles. The van der Waals surface area contributed by atoms with Crippen molar-refractivity contribution in [3.05, 3.63) is 0 Å². The van der Waals surface area contributed by atoms with Crippen molar-refractivity contribution in [1.29, 1.82) is 0 Å². The summed E-state index contributed by atoms with van der Waals surface area (Å²) in [6.07, 6.45) is 2.85. The molecular weight excluding hydrogens is 188 g/mol. The van der Waals surface area contributed by atoms with Gasteiger partial charge in [-0.15, -0.1) is 0 Å². The molecule has 2 heteroatoms. The van der Waals surface area contributed by atoms with Crippen molar-refractivity contribution in [3.63, 3.8) is 0 Å². The van der Waals surface area contributed by atoms with Gasteiger partial charge in [-0.1, -0.05) is 27.7 Å². The van der Waals surface area contributed by atoms with E-state index in [1.165, 1.54) is 0 Å². The molecule has 0 aromatic heterocycles. The lowest BCUT2D eigenvalue weighted by molar-refractivity contribution is -0.138. The van der Waals surface area contributed by atoms with E-state index >= 15 is 0 Å². The van der Waals surface area contributed by atoms with Crippen LogP contribution in [0.4, 0.5) is 0 Å². The lowest BCUT2D eigenvalue weighted by Gasteiger charge is -2.38. The van der Waals surface area contributed by atoms with Gasteiger partial charge in [-0.2, -0.15) is 0 Å². The smallest absolute Gasteiger partial charge is 0.139 e.